The Labute approximate surface area is 177 Å². The van der Waals surface area contributed by atoms with Gasteiger partial charge in [-0.25, -0.2) is 8.42 Å². The molecule has 8 heteroatoms. The molecule has 7 nitrogen and oxygen atoms in total. The van der Waals surface area contributed by atoms with Crippen LogP contribution in [0.2, 0.25) is 0 Å². The summed E-state index contributed by atoms with van der Waals surface area (Å²) in [5.41, 5.74) is 2.85. The van der Waals surface area contributed by atoms with Crippen molar-refractivity contribution in [2.24, 2.45) is 0 Å². The highest BCUT2D eigenvalue weighted by Gasteiger charge is 2.26. The maximum absolute atomic E-state index is 12.8. The molecule has 0 spiro atoms. The Bertz CT molecular complexity index is 1030. The fourth-order valence-electron chi connectivity index (χ4n) is 3.31. The molecule has 2 aromatic carbocycles. The molecule has 160 valence electrons. The van der Waals surface area contributed by atoms with E-state index in [4.69, 9.17) is 9.47 Å². The minimum absolute atomic E-state index is 0.218. The Morgan fingerprint density at radius 3 is 2.37 bits per heavy atom. The van der Waals surface area contributed by atoms with Crippen LogP contribution in [0.25, 0.3) is 6.08 Å². The van der Waals surface area contributed by atoms with Gasteiger partial charge in [-0.15, -0.1) is 0 Å². The zero-order valence-corrected chi connectivity index (χ0v) is 18.2. The molecular formula is C22H26N2O5S. The van der Waals surface area contributed by atoms with Crippen LogP contribution in [0.15, 0.2) is 47.9 Å². The van der Waals surface area contributed by atoms with Crippen LogP contribution >= 0.6 is 0 Å². The fraction of sp³-hybridized carbons (Fsp3) is 0.318. The number of methoxy groups -OCH3 is 2. The number of fused-ring (bicyclic) bond motifs is 1. The molecule has 0 unspecified atom stereocenters. The number of hydrogen-bond donors (Lipinski definition) is 0. The minimum Gasteiger partial charge on any atom is -0.493 e. The summed E-state index contributed by atoms with van der Waals surface area (Å²) in [7, 11) is 0.864. The highest BCUT2D eigenvalue weighted by atomic mass is 32.2. The quantitative estimate of drug-likeness (QED) is 0.675. The lowest BCUT2D eigenvalue weighted by atomic mass is 9.98. The highest BCUT2D eigenvalue weighted by molar-refractivity contribution is 7.92. The number of rotatable bonds is 7. The topological polar surface area (TPSA) is 76.2 Å². The minimum atomic E-state index is -3.70. The lowest BCUT2D eigenvalue weighted by Gasteiger charge is -2.30. The monoisotopic (exact) mass is 430 g/mol. The smallest absolute Gasteiger partial charge is 0.238 e. The first-order valence-electron chi connectivity index (χ1n) is 9.55. The van der Waals surface area contributed by atoms with Crippen LogP contribution in [0.4, 0.5) is 0 Å². The molecule has 0 aliphatic carbocycles. The maximum Gasteiger partial charge on any atom is 0.238 e. The molecule has 2 aromatic rings. The number of sulfonamides is 1. The van der Waals surface area contributed by atoms with Gasteiger partial charge in [0.1, 0.15) is 0 Å². The molecule has 0 radical (unpaired) electrons. The lowest BCUT2D eigenvalue weighted by molar-refractivity contribution is -0.132. The molecule has 1 aliphatic rings. The van der Waals surface area contributed by atoms with Crippen LogP contribution in [0.3, 0.4) is 0 Å². The van der Waals surface area contributed by atoms with Gasteiger partial charge in [-0.2, -0.15) is 4.31 Å². The summed E-state index contributed by atoms with van der Waals surface area (Å²) in [5, 5.41) is 1.12. The van der Waals surface area contributed by atoms with Crippen molar-refractivity contribution in [1.29, 1.82) is 0 Å². The number of ether oxygens (including phenoxy) is 2. The van der Waals surface area contributed by atoms with Crippen molar-refractivity contribution in [1.82, 2.24) is 9.21 Å². The third kappa shape index (κ3) is 5.01. The van der Waals surface area contributed by atoms with E-state index in [0.717, 1.165) is 26.4 Å². The number of amides is 1. The average Bonchev–Trinajstić information content (AvgIpc) is 2.76. The molecule has 0 saturated carbocycles. The Balaban J connectivity index is 1.67. The van der Waals surface area contributed by atoms with Crippen molar-refractivity contribution in [2.45, 2.75) is 13.0 Å². The maximum atomic E-state index is 12.8. The second-order valence-corrected chi connectivity index (χ2v) is 8.98. The van der Waals surface area contributed by atoms with Gasteiger partial charge < -0.3 is 14.4 Å². The van der Waals surface area contributed by atoms with Crippen molar-refractivity contribution in [3.63, 3.8) is 0 Å². The molecule has 1 aliphatic heterocycles. The second kappa shape index (κ2) is 9.32. The largest absolute Gasteiger partial charge is 0.493 e. The van der Waals surface area contributed by atoms with Crippen LogP contribution < -0.4 is 9.47 Å². The third-order valence-corrected chi connectivity index (χ3v) is 6.57. The van der Waals surface area contributed by atoms with Gasteiger partial charge in [-0.1, -0.05) is 30.3 Å². The Morgan fingerprint density at radius 1 is 1.10 bits per heavy atom. The van der Waals surface area contributed by atoms with Crippen LogP contribution in [0.5, 0.6) is 11.5 Å². The van der Waals surface area contributed by atoms with E-state index >= 15 is 0 Å². The summed E-state index contributed by atoms with van der Waals surface area (Å²) in [6, 6.07) is 12.9. The zero-order chi connectivity index (χ0) is 21.7. The first-order chi connectivity index (χ1) is 14.3. The summed E-state index contributed by atoms with van der Waals surface area (Å²) in [6.07, 6.45) is 2.19. The molecule has 0 bridgehead atoms. The summed E-state index contributed by atoms with van der Waals surface area (Å²) in [6.45, 7) is 0.710. The van der Waals surface area contributed by atoms with E-state index in [2.05, 4.69) is 0 Å². The first kappa shape index (κ1) is 21.9. The van der Waals surface area contributed by atoms with E-state index in [1.54, 1.807) is 19.1 Å². The Morgan fingerprint density at radius 2 is 1.73 bits per heavy atom. The molecule has 1 heterocycles. The van der Waals surface area contributed by atoms with Gasteiger partial charge in [-0.3, -0.25) is 4.79 Å². The number of hydrogen-bond acceptors (Lipinski definition) is 5. The number of likely N-dealkylation sites (N-methyl/N-ethyl adjacent to an activating group) is 1. The Kier molecular flexibility index (Phi) is 6.79. The first-order valence-corrected chi connectivity index (χ1v) is 11.1. The van der Waals surface area contributed by atoms with E-state index in [1.807, 2.05) is 42.5 Å². The predicted molar refractivity (Wildman–Crippen MR) is 116 cm³/mol. The average molecular weight is 431 g/mol. The standard InChI is InChI=1S/C22H26N2O5S/c1-23(30(26,27)12-10-17-7-5-4-6-8-17)16-22(25)24-11-9-18-13-20(28-2)21(29-3)14-19(18)15-24/h4-8,10,12-14H,9,11,15-16H2,1-3H3. The van der Waals surface area contributed by atoms with Gasteiger partial charge in [-0.05, 0) is 41.3 Å². The van der Waals surface area contributed by atoms with Gasteiger partial charge in [0.05, 0.1) is 20.8 Å². The van der Waals surface area contributed by atoms with Crippen LogP contribution in [0, 0.1) is 0 Å². The molecule has 30 heavy (non-hydrogen) atoms. The number of nitrogens with zero attached hydrogens (tertiary/aromatic N) is 2. The number of carbonyl (C=O) groups is 1. The fourth-order valence-corrected chi connectivity index (χ4v) is 4.14. The second-order valence-electron chi connectivity index (χ2n) is 7.06. The van der Waals surface area contributed by atoms with Gasteiger partial charge in [0.15, 0.2) is 11.5 Å². The van der Waals surface area contributed by atoms with Crippen molar-refractivity contribution < 1.29 is 22.7 Å². The van der Waals surface area contributed by atoms with Gasteiger partial charge in [0.2, 0.25) is 15.9 Å². The normalized spacial score (nSPS) is 14.1. The SMILES string of the molecule is COc1cc2c(cc1OC)CN(C(=O)CN(C)S(=O)(=O)C=Cc1ccccc1)CC2. The van der Waals surface area contributed by atoms with E-state index in [9.17, 15) is 13.2 Å². The zero-order valence-electron chi connectivity index (χ0n) is 17.4. The Hall–Kier alpha value is -2.84. The molecule has 0 N–H and O–H groups in total. The number of benzene rings is 2. The lowest BCUT2D eigenvalue weighted by Crippen LogP contribution is -2.42. The van der Waals surface area contributed by atoms with Gasteiger partial charge >= 0.3 is 0 Å². The molecule has 1 amide bonds. The summed E-state index contributed by atoms with van der Waals surface area (Å²) < 4.78 is 36.8. The van der Waals surface area contributed by atoms with Crippen LogP contribution in [0.1, 0.15) is 16.7 Å². The molecule has 3 rings (SSSR count). The van der Waals surface area contributed by atoms with Gasteiger partial charge in [0.25, 0.3) is 0 Å². The highest BCUT2D eigenvalue weighted by Crippen LogP contribution is 2.33. The summed E-state index contributed by atoms with van der Waals surface area (Å²) in [5.74, 6) is 1.03. The van der Waals surface area contributed by atoms with E-state index < -0.39 is 10.0 Å². The summed E-state index contributed by atoms with van der Waals surface area (Å²) >= 11 is 0. The third-order valence-electron chi connectivity index (χ3n) is 5.10. The number of carbonyl (C=O) groups excluding carboxylic acids is 1. The predicted octanol–water partition coefficient (Wildman–Crippen LogP) is 2.52. The molecule has 0 fully saturated rings. The van der Waals surface area contributed by atoms with E-state index in [0.29, 0.717) is 31.0 Å². The van der Waals surface area contributed by atoms with E-state index in [1.165, 1.54) is 13.1 Å². The van der Waals surface area contributed by atoms with Crippen LogP contribution in [-0.4, -0.2) is 57.9 Å². The molecule has 0 aromatic heterocycles. The molecule has 0 saturated heterocycles. The van der Waals surface area contributed by atoms with Crippen molar-refractivity contribution in [2.75, 3.05) is 34.4 Å². The molecular weight excluding hydrogens is 404 g/mol. The van der Waals surface area contributed by atoms with Crippen molar-refractivity contribution >= 4 is 22.0 Å². The molecule has 0 atom stereocenters. The van der Waals surface area contributed by atoms with E-state index in [-0.39, 0.29) is 12.5 Å². The van der Waals surface area contributed by atoms with Crippen molar-refractivity contribution in [3.05, 3.63) is 64.6 Å². The van der Waals surface area contributed by atoms with Crippen LogP contribution in [-0.2, 0) is 27.8 Å². The van der Waals surface area contributed by atoms with Crippen molar-refractivity contribution in [3.8, 4) is 11.5 Å². The summed E-state index contributed by atoms with van der Waals surface area (Å²) in [4.78, 5) is 14.4. The van der Waals surface area contributed by atoms with Gasteiger partial charge in [0, 0.05) is 25.5 Å².